The number of nitrogens with zero attached hydrogens (tertiary/aromatic N) is 1. The fourth-order valence-corrected chi connectivity index (χ4v) is 2.80. The van der Waals surface area contributed by atoms with E-state index in [0.717, 1.165) is 22.7 Å². The van der Waals surface area contributed by atoms with E-state index in [1.807, 2.05) is 6.92 Å². The molecule has 21 heavy (non-hydrogen) atoms. The maximum Gasteiger partial charge on any atom is 0.140 e. The molecule has 1 aromatic carbocycles. The number of nitrogens with two attached hydrogens (primary N) is 1. The minimum absolute atomic E-state index is 0.0429. The Balaban J connectivity index is 2.22. The molecule has 1 atom stereocenters. The molecule has 2 N–H and O–H groups in total. The molecule has 0 saturated heterocycles. The van der Waals surface area contributed by atoms with Gasteiger partial charge in [-0.25, -0.2) is 13.8 Å². The Morgan fingerprint density at radius 1 is 1.29 bits per heavy atom. The van der Waals surface area contributed by atoms with E-state index in [1.54, 1.807) is 18.3 Å². The molecule has 0 saturated carbocycles. The topological polar surface area (TPSA) is 38.9 Å². The van der Waals surface area contributed by atoms with Gasteiger partial charge in [-0.05, 0) is 58.6 Å². The molecule has 2 rings (SSSR count). The number of benzene rings is 1. The highest BCUT2D eigenvalue weighted by Gasteiger charge is 2.14. The van der Waals surface area contributed by atoms with Gasteiger partial charge < -0.3 is 5.73 Å². The predicted octanol–water partition coefficient (Wildman–Crippen LogP) is 4.55. The van der Waals surface area contributed by atoms with Gasteiger partial charge in [0.15, 0.2) is 0 Å². The van der Waals surface area contributed by atoms with Crippen LogP contribution in [0.25, 0.3) is 0 Å². The normalized spacial score (nSPS) is 12.4. The van der Waals surface area contributed by atoms with Crippen molar-refractivity contribution in [3.05, 3.63) is 52.1 Å². The summed E-state index contributed by atoms with van der Waals surface area (Å²) in [6.45, 7) is 1.95. The zero-order valence-corrected chi connectivity index (χ0v) is 13.8. The van der Waals surface area contributed by atoms with Crippen molar-refractivity contribution in [1.82, 2.24) is 4.98 Å². The van der Waals surface area contributed by atoms with Crippen LogP contribution in [0.15, 0.2) is 44.9 Å². The summed E-state index contributed by atoms with van der Waals surface area (Å²) >= 11 is 4.24. The van der Waals surface area contributed by atoms with Crippen molar-refractivity contribution in [3.63, 3.8) is 0 Å². The monoisotopic (exact) mass is 372 g/mol. The van der Waals surface area contributed by atoms with Gasteiger partial charge in [-0.1, -0.05) is 18.7 Å². The highest BCUT2D eigenvalue weighted by molar-refractivity contribution is 9.10. The van der Waals surface area contributed by atoms with Crippen LogP contribution in [0.3, 0.4) is 0 Å². The average Bonchev–Trinajstić information content (AvgIpc) is 2.44. The number of hydrogen-bond acceptors (Lipinski definition) is 3. The maximum atomic E-state index is 14.1. The van der Waals surface area contributed by atoms with Crippen LogP contribution in [-0.2, 0) is 6.42 Å². The molecule has 112 valence electrons. The highest BCUT2D eigenvalue weighted by Crippen LogP contribution is 2.32. The van der Waals surface area contributed by atoms with Gasteiger partial charge in [0, 0.05) is 16.7 Å². The van der Waals surface area contributed by atoms with Crippen molar-refractivity contribution in [2.75, 3.05) is 0 Å². The highest BCUT2D eigenvalue weighted by atomic mass is 79.9. The Hall–Kier alpha value is -0.980. The molecule has 1 aromatic heterocycles. The molecule has 0 fully saturated rings. The summed E-state index contributed by atoms with van der Waals surface area (Å²) in [6, 6.07) is 6.09. The van der Waals surface area contributed by atoms with E-state index in [4.69, 9.17) is 5.73 Å². The Morgan fingerprint density at radius 3 is 2.48 bits per heavy atom. The average molecular weight is 373 g/mol. The van der Waals surface area contributed by atoms with E-state index in [1.165, 1.54) is 12.1 Å². The lowest BCUT2D eigenvalue weighted by molar-refractivity contribution is 0.533. The number of halogens is 3. The molecule has 2 nitrogen and oxygen atoms in total. The summed E-state index contributed by atoms with van der Waals surface area (Å²) in [6.07, 6.45) is 2.82. The van der Waals surface area contributed by atoms with Crippen molar-refractivity contribution in [3.8, 4) is 0 Å². The van der Waals surface area contributed by atoms with Gasteiger partial charge >= 0.3 is 0 Å². The second-order valence-electron chi connectivity index (χ2n) is 4.68. The van der Waals surface area contributed by atoms with Gasteiger partial charge in [-0.15, -0.1) is 0 Å². The second-order valence-corrected chi connectivity index (χ2v) is 6.62. The van der Waals surface area contributed by atoms with Gasteiger partial charge in [-0.3, -0.25) is 0 Å². The molecule has 0 aliphatic rings. The molecule has 0 spiro atoms. The first kappa shape index (κ1) is 16.4. The largest absolute Gasteiger partial charge is 0.327 e. The third kappa shape index (κ3) is 4.49. The smallest absolute Gasteiger partial charge is 0.140 e. The van der Waals surface area contributed by atoms with Crippen LogP contribution < -0.4 is 5.73 Å². The van der Waals surface area contributed by atoms with Gasteiger partial charge in [0.1, 0.15) is 16.7 Å². The first-order valence-electron chi connectivity index (χ1n) is 6.52. The summed E-state index contributed by atoms with van der Waals surface area (Å²) in [5.41, 5.74) is 6.39. The molecule has 0 amide bonds. The molecule has 1 unspecified atom stereocenters. The third-order valence-corrected chi connectivity index (χ3v) is 4.50. The molecule has 0 aliphatic heterocycles. The van der Waals surface area contributed by atoms with Crippen LogP contribution in [0.4, 0.5) is 8.78 Å². The minimum atomic E-state index is -0.581. The maximum absolute atomic E-state index is 14.1. The molecule has 6 heteroatoms. The molecular weight excluding hydrogens is 358 g/mol. The standard InChI is InChI=1S/C15H15BrF2N2S/c1-2-11(19)5-9-6-12(17)15(13(18)7-9)21-14-4-3-10(16)8-20-14/h3-4,6-8,11H,2,5,19H2,1H3. The molecule has 1 heterocycles. The Labute approximate surface area is 135 Å². The van der Waals surface area contributed by atoms with Crippen LogP contribution in [0.2, 0.25) is 0 Å². The van der Waals surface area contributed by atoms with E-state index >= 15 is 0 Å². The molecule has 2 aromatic rings. The Kier molecular flexibility index (Phi) is 5.72. The van der Waals surface area contributed by atoms with Crippen molar-refractivity contribution >= 4 is 27.7 Å². The lowest BCUT2D eigenvalue weighted by Gasteiger charge is -2.11. The summed E-state index contributed by atoms with van der Waals surface area (Å²) < 4.78 is 29.0. The number of hydrogen-bond donors (Lipinski definition) is 1. The van der Waals surface area contributed by atoms with E-state index < -0.39 is 11.6 Å². The van der Waals surface area contributed by atoms with Gasteiger partial charge in [-0.2, -0.15) is 0 Å². The van der Waals surface area contributed by atoms with Gasteiger partial charge in [0.2, 0.25) is 0 Å². The molecule has 0 bridgehead atoms. The van der Waals surface area contributed by atoms with E-state index in [9.17, 15) is 8.78 Å². The van der Waals surface area contributed by atoms with Crippen molar-refractivity contribution in [1.29, 1.82) is 0 Å². The summed E-state index contributed by atoms with van der Waals surface area (Å²) in [5, 5.41) is 0.536. The van der Waals surface area contributed by atoms with Crippen LogP contribution in [0.5, 0.6) is 0 Å². The van der Waals surface area contributed by atoms with Gasteiger partial charge in [0.05, 0.1) is 4.90 Å². The summed E-state index contributed by atoms with van der Waals surface area (Å²) in [7, 11) is 0. The summed E-state index contributed by atoms with van der Waals surface area (Å²) in [5.74, 6) is -1.16. The second kappa shape index (κ2) is 7.33. The molecular formula is C15H15BrF2N2S. The number of rotatable bonds is 5. The van der Waals surface area contributed by atoms with Crippen LogP contribution in [-0.4, -0.2) is 11.0 Å². The molecule has 0 radical (unpaired) electrons. The van der Waals surface area contributed by atoms with Crippen LogP contribution in [0, 0.1) is 11.6 Å². The van der Waals surface area contributed by atoms with Crippen LogP contribution in [0.1, 0.15) is 18.9 Å². The summed E-state index contributed by atoms with van der Waals surface area (Å²) in [4.78, 5) is 4.06. The minimum Gasteiger partial charge on any atom is -0.327 e. The van der Waals surface area contributed by atoms with Gasteiger partial charge in [0.25, 0.3) is 0 Å². The van der Waals surface area contributed by atoms with Crippen LogP contribution >= 0.6 is 27.7 Å². The Morgan fingerprint density at radius 2 is 1.95 bits per heavy atom. The lowest BCUT2D eigenvalue weighted by Crippen LogP contribution is -2.21. The van der Waals surface area contributed by atoms with Crippen molar-refractivity contribution in [2.45, 2.75) is 35.7 Å². The quantitative estimate of drug-likeness (QED) is 0.836. The lowest BCUT2D eigenvalue weighted by atomic mass is 10.0. The SMILES string of the molecule is CCC(N)Cc1cc(F)c(Sc2ccc(Br)cn2)c(F)c1. The zero-order valence-electron chi connectivity index (χ0n) is 11.4. The fourth-order valence-electron chi connectivity index (χ4n) is 1.80. The fraction of sp³-hybridized carbons (Fsp3) is 0.267. The van der Waals surface area contributed by atoms with E-state index in [-0.39, 0.29) is 10.9 Å². The van der Waals surface area contributed by atoms with Crippen molar-refractivity contribution < 1.29 is 8.78 Å². The van der Waals surface area contributed by atoms with E-state index in [0.29, 0.717) is 17.0 Å². The predicted molar refractivity (Wildman–Crippen MR) is 84.4 cm³/mol. The first-order valence-corrected chi connectivity index (χ1v) is 8.13. The third-order valence-electron chi connectivity index (χ3n) is 2.99. The van der Waals surface area contributed by atoms with Crippen molar-refractivity contribution in [2.24, 2.45) is 5.73 Å². The molecule has 0 aliphatic carbocycles. The number of pyridine rings is 1. The first-order chi connectivity index (χ1) is 9.99. The van der Waals surface area contributed by atoms with E-state index in [2.05, 4.69) is 20.9 Å². The number of aromatic nitrogens is 1. The Bertz CT molecular complexity index is 597. The zero-order chi connectivity index (χ0) is 15.4.